The van der Waals surface area contributed by atoms with E-state index in [-0.39, 0.29) is 40.4 Å². The van der Waals surface area contributed by atoms with Crippen molar-refractivity contribution in [2.75, 3.05) is 27.3 Å². The van der Waals surface area contributed by atoms with Crippen LogP contribution in [0.1, 0.15) is 20.7 Å². The lowest BCUT2D eigenvalue weighted by atomic mass is 10.2. The Balaban J connectivity index is 1.89. The van der Waals surface area contributed by atoms with Gasteiger partial charge in [-0.3, -0.25) is 9.59 Å². The van der Waals surface area contributed by atoms with Gasteiger partial charge in [-0.2, -0.15) is 0 Å². The second-order valence-corrected chi connectivity index (χ2v) is 5.99. The summed E-state index contributed by atoms with van der Waals surface area (Å²) in [5.41, 5.74) is 0.653. The molecule has 2 N–H and O–H groups in total. The average Bonchev–Trinajstić information content (AvgIpc) is 2.66. The minimum Gasteiger partial charge on any atom is -0.497 e. The number of carbonyl (C=O) groups excluding carboxylic acids is 2. The zero-order chi connectivity index (χ0) is 19.1. The van der Waals surface area contributed by atoms with Gasteiger partial charge < -0.3 is 20.1 Å². The summed E-state index contributed by atoms with van der Waals surface area (Å²) in [4.78, 5) is 24.4. The van der Waals surface area contributed by atoms with E-state index in [0.717, 1.165) is 0 Å². The van der Waals surface area contributed by atoms with E-state index in [1.807, 2.05) is 0 Å². The standard InChI is InChI=1S/C18H18Cl2N2O4/c1-25-12-5-3-11(4-6-12)17(23)21-9-10-22-18(24)15-13(19)7-8-14(20)16(15)26-2/h3-8H,9-10H2,1-2H3,(H,21,23)(H,22,24). The molecule has 6 nitrogen and oxygen atoms in total. The lowest BCUT2D eigenvalue weighted by Crippen LogP contribution is -2.35. The molecular weight excluding hydrogens is 379 g/mol. The van der Waals surface area contributed by atoms with Crippen LogP contribution < -0.4 is 20.1 Å². The maximum absolute atomic E-state index is 12.3. The Morgan fingerprint density at radius 3 is 2.00 bits per heavy atom. The lowest BCUT2D eigenvalue weighted by molar-refractivity contribution is 0.0926. The summed E-state index contributed by atoms with van der Waals surface area (Å²) >= 11 is 12.1. The smallest absolute Gasteiger partial charge is 0.256 e. The minimum atomic E-state index is -0.437. The Kier molecular flexibility index (Phi) is 7.12. The number of ether oxygens (including phenoxy) is 2. The van der Waals surface area contributed by atoms with E-state index in [9.17, 15) is 9.59 Å². The zero-order valence-electron chi connectivity index (χ0n) is 14.3. The first-order valence-corrected chi connectivity index (χ1v) is 8.46. The van der Waals surface area contributed by atoms with Crippen LogP contribution in [0.2, 0.25) is 10.0 Å². The predicted octanol–water partition coefficient (Wildman–Crippen LogP) is 3.17. The Labute approximate surface area is 161 Å². The number of amides is 2. The SMILES string of the molecule is COc1ccc(C(=O)NCCNC(=O)c2c(Cl)ccc(Cl)c2OC)cc1. The summed E-state index contributed by atoms with van der Waals surface area (Å²) in [5, 5.41) is 5.90. The number of halogens is 2. The fourth-order valence-electron chi connectivity index (χ4n) is 2.23. The highest BCUT2D eigenvalue weighted by atomic mass is 35.5. The van der Waals surface area contributed by atoms with Gasteiger partial charge in [0.15, 0.2) is 5.75 Å². The zero-order valence-corrected chi connectivity index (χ0v) is 15.8. The maximum atomic E-state index is 12.3. The van der Waals surface area contributed by atoms with E-state index in [1.165, 1.54) is 13.2 Å². The predicted molar refractivity (Wildman–Crippen MR) is 101 cm³/mol. The van der Waals surface area contributed by atoms with Gasteiger partial charge in [-0.25, -0.2) is 0 Å². The summed E-state index contributed by atoms with van der Waals surface area (Å²) < 4.78 is 10.2. The molecule has 0 aromatic heterocycles. The third kappa shape index (κ3) is 4.80. The summed E-state index contributed by atoms with van der Waals surface area (Å²) in [6.07, 6.45) is 0. The average molecular weight is 397 g/mol. The Bertz CT molecular complexity index is 795. The molecule has 2 aromatic carbocycles. The Morgan fingerprint density at radius 2 is 1.42 bits per heavy atom. The molecule has 138 valence electrons. The van der Waals surface area contributed by atoms with Gasteiger partial charge in [0, 0.05) is 18.7 Å². The monoisotopic (exact) mass is 396 g/mol. The van der Waals surface area contributed by atoms with Crippen LogP contribution in [0.3, 0.4) is 0 Å². The molecule has 0 spiro atoms. The van der Waals surface area contributed by atoms with Crippen molar-refractivity contribution < 1.29 is 19.1 Å². The molecule has 2 amide bonds. The topological polar surface area (TPSA) is 76.7 Å². The highest BCUT2D eigenvalue weighted by Crippen LogP contribution is 2.33. The van der Waals surface area contributed by atoms with E-state index in [4.69, 9.17) is 32.7 Å². The van der Waals surface area contributed by atoms with Crippen LogP contribution in [0.25, 0.3) is 0 Å². The van der Waals surface area contributed by atoms with Crippen molar-refractivity contribution in [3.63, 3.8) is 0 Å². The van der Waals surface area contributed by atoms with Crippen LogP contribution in [-0.4, -0.2) is 39.1 Å². The van der Waals surface area contributed by atoms with Gasteiger partial charge in [0.05, 0.1) is 24.3 Å². The highest BCUT2D eigenvalue weighted by Gasteiger charge is 2.19. The highest BCUT2D eigenvalue weighted by molar-refractivity contribution is 6.37. The number of rotatable bonds is 7. The van der Waals surface area contributed by atoms with Crippen LogP contribution in [-0.2, 0) is 0 Å². The van der Waals surface area contributed by atoms with Crippen molar-refractivity contribution >= 4 is 35.0 Å². The number of hydrogen-bond acceptors (Lipinski definition) is 4. The van der Waals surface area contributed by atoms with E-state index < -0.39 is 5.91 Å². The number of nitrogens with one attached hydrogen (secondary N) is 2. The molecule has 0 saturated carbocycles. The number of methoxy groups -OCH3 is 2. The first-order valence-electron chi connectivity index (χ1n) is 7.70. The van der Waals surface area contributed by atoms with Crippen LogP contribution in [0, 0.1) is 0 Å². The molecule has 0 aliphatic rings. The second kappa shape index (κ2) is 9.31. The van der Waals surface area contributed by atoms with Crippen LogP contribution in [0.15, 0.2) is 36.4 Å². The molecule has 0 radical (unpaired) electrons. The first kappa shape index (κ1) is 19.9. The van der Waals surface area contributed by atoms with Crippen molar-refractivity contribution in [3.8, 4) is 11.5 Å². The Morgan fingerprint density at radius 1 is 0.846 bits per heavy atom. The van der Waals surface area contributed by atoms with Gasteiger partial charge in [0.2, 0.25) is 0 Å². The number of carbonyl (C=O) groups is 2. The molecule has 26 heavy (non-hydrogen) atoms. The van der Waals surface area contributed by atoms with Crippen molar-refractivity contribution in [1.82, 2.24) is 10.6 Å². The molecule has 0 aliphatic heterocycles. The van der Waals surface area contributed by atoms with Gasteiger partial charge in [-0.05, 0) is 36.4 Å². The quantitative estimate of drug-likeness (QED) is 0.704. The summed E-state index contributed by atoms with van der Waals surface area (Å²) in [6.45, 7) is 0.462. The fraction of sp³-hybridized carbons (Fsp3) is 0.222. The van der Waals surface area contributed by atoms with E-state index >= 15 is 0 Å². The molecule has 0 saturated heterocycles. The van der Waals surface area contributed by atoms with Crippen molar-refractivity contribution in [3.05, 3.63) is 57.6 Å². The molecule has 2 aromatic rings. The molecule has 0 bridgehead atoms. The van der Waals surface area contributed by atoms with Crippen molar-refractivity contribution in [1.29, 1.82) is 0 Å². The van der Waals surface area contributed by atoms with Crippen molar-refractivity contribution in [2.45, 2.75) is 0 Å². The van der Waals surface area contributed by atoms with Gasteiger partial charge >= 0.3 is 0 Å². The summed E-state index contributed by atoms with van der Waals surface area (Å²) in [6, 6.07) is 9.78. The molecule has 8 heteroatoms. The number of hydrogen-bond donors (Lipinski definition) is 2. The normalized spacial score (nSPS) is 10.2. The molecular formula is C18H18Cl2N2O4. The third-order valence-corrected chi connectivity index (χ3v) is 4.15. The summed E-state index contributed by atoms with van der Waals surface area (Å²) in [7, 11) is 2.96. The lowest BCUT2D eigenvalue weighted by Gasteiger charge is -2.12. The molecule has 0 fully saturated rings. The van der Waals surface area contributed by atoms with Gasteiger partial charge in [-0.15, -0.1) is 0 Å². The fourth-order valence-corrected chi connectivity index (χ4v) is 2.70. The van der Waals surface area contributed by atoms with Gasteiger partial charge in [0.1, 0.15) is 11.3 Å². The largest absolute Gasteiger partial charge is 0.497 e. The molecule has 2 rings (SSSR count). The van der Waals surface area contributed by atoms with Crippen LogP contribution >= 0.6 is 23.2 Å². The molecule has 0 aliphatic carbocycles. The second-order valence-electron chi connectivity index (χ2n) is 5.18. The maximum Gasteiger partial charge on any atom is 0.256 e. The molecule has 0 atom stereocenters. The van der Waals surface area contributed by atoms with Crippen LogP contribution in [0.5, 0.6) is 11.5 Å². The van der Waals surface area contributed by atoms with E-state index in [2.05, 4.69) is 10.6 Å². The number of benzene rings is 2. The third-order valence-electron chi connectivity index (χ3n) is 3.54. The van der Waals surface area contributed by atoms with Crippen molar-refractivity contribution in [2.24, 2.45) is 0 Å². The Hall–Kier alpha value is -2.44. The van der Waals surface area contributed by atoms with E-state index in [0.29, 0.717) is 11.3 Å². The van der Waals surface area contributed by atoms with E-state index in [1.54, 1.807) is 37.4 Å². The minimum absolute atomic E-state index is 0.156. The first-order chi connectivity index (χ1) is 12.5. The van der Waals surface area contributed by atoms with Crippen LogP contribution in [0.4, 0.5) is 0 Å². The van der Waals surface area contributed by atoms with Gasteiger partial charge in [-0.1, -0.05) is 23.2 Å². The molecule has 0 heterocycles. The van der Waals surface area contributed by atoms with Gasteiger partial charge in [0.25, 0.3) is 11.8 Å². The summed E-state index contributed by atoms with van der Waals surface area (Å²) in [5.74, 6) is 0.188. The molecule has 0 unspecified atom stereocenters.